The first kappa shape index (κ1) is 14.7. The van der Waals surface area contributed by atoms with Crippen molar-refractivity contribution in [3.63, 3.8) is 0 Å². The number of para-hydroxylation sites is 2. The molecular formula is C17H16ClNO3. The molecule has 1 heterocycles. The van der Waals surface area contributed by atoms with Gasteiger partial charge in [0, 0.05) is 5.02 Å². The largest absolute Gasteiger partial charge is 0.485 e. The molecule has 5 heteroatoms. The van der Waals surface area contributed by atoms with E-state index in [1.165, 1.54) is 0 Å². The van der Waals surface area contributed by atoms with E-state index in [9.17, 15) is 4.79 Å². The summed E-state index contributed by atoms with van der Waals surface area (Å²) in [5.41, 5.74) is 0.870. The summed E-state index contributed by atoms with van der Waals surface area (Å²) in [5, 5.41) is 3.54. The molecule has 0 aliphatic carbocycles. The van der Waals surface area contributed by atoms with E-state index in [0.29, 0.717) is 16.5 Å². The van der Waals surface area contributed by atoms with Crippen molar-refractivity contribution in [3.05, 3.63) is 59.1 Å². The fourth-order valence-electron chi connectivity index (χ4n) is 2.36. The van der Waals surface area contributed by atoms with Crippen LogP contribution in [0.5, 0.6) is 11.5 Å². The molecule has 4 nitrogen and oxygen atoms in total. The van der Waals surface area contributed by atoms with Crippen LogP contribution in [0.25, 0.3) is 0 Å². The average Bonchev–Trinajstić information content (AvgIpc) is 2.54. The number of amides is 1. The number of benzene rings is 2. The van der Waals surface area contributed by atoms with Crippen molar-refractivity contribution in [2.45, 2.75) is 19.1 Å². The lowest BCUT2D eigenvalue weighted by Crippen LogP contribution is -2.44. The molecule has 2 atom stereocenters. The maximum Gasteiger partial charge on any atom is 0.265 e. The van der Waals surface area contributed by atoms with Gasteiger partial charge < -0.3 is 14.8 Å². The molecule has 2 aromatic carbocycles. The van der Waals surface area contributed by atoms with Crippen LogP contribution in [0.3, 0.4) is 0 Å². The van der Waals surface area contributed by atoms with Crippen LogP contribution in [0, 0.1) is 0 Å². The number of rotatable bonds is 3. The Hall–Kier alpha value is -2.20. The summed E-state index contributed by atoms with van der Waals surface area (Å²) in [5.74, 6) is 1.02. The summed E-state index contributed by atoms with van der Waals surface area (Å²) in [6.45, 7) is 2.08. The zero-order valence-corrected chi connectivity index (χ0v) is 12.8. The fraction of sp³-hybridized carbons (Fsp3) is 0.235. The molecule has 0 bridgehead atoms. The number of halogens is 1. The molecule has 3 rings (SSSR count). The van der Waals surface area contributed by atoms with Crippen molar-refractivity contribution >= 4 is 17.5 Å². The minimum atomic E-state index is -0.667. The van der Waals surface area contributed by atoms with E-state index in [0.717, 1.165) is 5.56 Å². The molecule has 2 aromatic rings. The van der Waals surface area contributed by atoms with Crippen LogP contribution >= 0.6 is 11.6 Å². The molecule has 0 saturated heterocycles. The monoisotopic (exact) mass is 317 g/mol. The maximum atomic E-state index is 12.3. The third-order valence-electron chi connectivity index (χ3n) is 3.53. The molecule has 1 amide bonds. The van der Waals surface area contributed by atoms with Gasteiger partial charge in [-0.2, -0.15) is 0 Å². The van der Waals surface area contributed by atoms with Crippen LogP contribution < -0.4 is 14.8 Å². The lowest BCUT2D eigenvalue weighted by Gasteiger charge is -2.27. The summed E-state index contributed by atoms with van der Waals surface area (Å²) in [4.78, 5) is 12.3. The van der Waals surface area contributed by atoms with Crippen LogP contribution in [0.2, 0.25) is 5.02 Å². The summed E-state index contributed by atoms with van der Waals surface area (Å²) in [7, 11) is 0. The minimum Gasteiger partial charge on any atom is -0.485 e. The van der Waals surface area contributed by atoms with E-state index in [4.69, 9.17) is 21.1 Å². The van der Waals surface area contributed by atoms with Crippen LogP contribution in [-0.2, 0) is 4.79 Å². The van der Waals surface area contributed by atoms with Crippen LogP contribution in [-0.4, -0.2) is 18.6 Å². The van der Waals surface area contributed by atoms with E-state index < -0.39 is 6.10 Å². The Morgan fingerprint density at radius 3 is 2.64 bits per heavy atom. The standard InChI is InChI=1S/C17H16ClNO3/c1-11(12-6-2-3-7-13(12)18)19-17(20)16-10-21-14-8-4-5-9-15(14)22-16/h2-9,11,16H,10H2,1H3,(H,19,20)/t11-,16+/m1/s1. The van der Waals surface area contributed by atoms with Gasteiger partial charge in [0.1, 0.15) is 6.61 Å². The van der Waals surface area contributed by atoms with Gasteiger partial charge in [0.05, 0.1) is 6.04 Å². The Kier molecular flexibility index (Phi) is 4.20. The number of carbonyl (C=O) groups is 1. The Balaban J connectivity index is 1.67. The van der Waals surface area contributed by atoms with E-state index in [1.807, 2.05) is 43.3 Å². The number of hydrogen-bond acceptors (Lipinski definition) is 3. The summed E-state index contributed by atoms with van der Waals surface area (Å²) >= 11 is 6.15. The topological polar surface area (TPSA) is 47.6 Å². The van der Waals surface area contributed by atoms with Crippen molar-refractivity contribution in [3.8, 4) is 11.5 Å². The van der Waals surface area contributed by atoms with Gasteiger partial charge in [-0.25, -0.2) is 0 Å². The van der Waals surface area contributed by atoms with E-state index >= 15 is 0 Å². The summed E-state index contributed by atoms with van der Waals surface area (Å²) in [6, 6.07) is 14.5. The Labute approximate surface area is 134 Å². The van der Waals surface area contributed by atoms with Gasteiger partial charge in [-0.15, -0.1) is 0 Å². The predicted octanol–water partition coefficient (Wildman–Crippen LogP) is 3.36. The highest BCUT2D eigenvalue weighted by Crippen LogP contribution is 2.31. The molecule has 1 aliphatic heterocycles. The van der Waals surface area contributed by atoms with Gasteiger partial charge in [0.25, 0.3) is 5.91 Å². The molecule has 1 N–H and O–H groups in total. The molecule has 0 unspecified atom stereocenters. The highest BCUT2D eigenvalue weighted by molar-refractivity contribution is 6.31. The molecule has 0 spiro atoms. The second-order valence-corrected chi connectivity index (χ2v) is 5.52. The van der Waals surface area contributed by atoms with Crippen molar-refractivity contribution in [1.82, 2.24) is 5.32 Å². The molecule has 0 fully saturated rings. The van der Waals surface area contributed by atoms with Gasteiger partial charge in [-0.05, 0) is 30.7 Å². The van der Waals surface area contributed by atoms with E-state index in [2.05, 4.69) is 5.32 Å². The summed E-state index contributed by atoms with van der Waals surface area (Å²) in [6.07, 6.45) is -0.667. The van der Waals surface area contributed by atoms with Crippen molar-refractivity contribution in [2.24, 2.45) is 0 Å². The first-order chi connectivity index (χ1) is 10.6. The third-order valence-corrected chi connectivity index (χ3v) is 3.88. The summed E-state index contributed by atoms with van der Waals surface area (Å²) < 4.78 is 11.2. The van der Waals surface area contributed by atoms with Gasteiger partial charge >= 0.3 is 0 Å². The van der Waals surface area contributed by atoms with Gasteiger partial charge in [0.2, 0.25) is 6.10 Å². The van der Waals surface area contributed by atoms with Crippen LogP contribution in [0.15, 0.2) is 48.5 Å². The Morgan fingerprint density at radius 1 is 1.18 bits per heavy atom. The average molecular weight is 318 g/mol. The molecule has 0 aromatic heterocycles. The lowest BCUT2D eigenvalue weighted by molar-refractivity contribution is -0.131. The van der Waals surface area contributed by atoms with Gasteiger partial charge in [-0.3, -0.25) is 4.79 Å². The van der Waals surface area contributed by atoms with E-state index in [1.54, 1.807) is 12.1 Å². The second-order valence-electron chi connectivity index (χ2n) is 5.12. The van der Waals surface area contributed by atoms with Crippen molar-refractivity contribution < 1.29 is 14.3 Å². The molecule has 114 valence electrons. The normalized spacial score (nSPS) is 17.6. The van der Waals surface area contributed by atoms with Crippen LogP contribution in [0.1, 0.15) is 18.5 Å². The Morgan fingerprint density at radius 2 is 1.86 bits per heavy atom. The second kappa shape index (κ2) is 6.28. The number of hydrogen-bond donors (Lipinski definition) is 1. The molecular weight excluding hydrogens is 302 g/mol. The maximum absolute atomic E-state index is 12.3. The number of fused-ring (bicyclic) bond motifs is 1. The molecule has 22 heavy (non-hydrogen) atoms. The smallest absolute Gasteiger partial charge is 0.265 e. The number of carbonyl (C=O) groups excluding carboxylic acids is 1. The van der Waals surface area contributed by atoms with Crippen LogP contribution in [0.4, 0.5) is 0 Å². The molecule has 0 saturated carbocycles. The Bertz CT molecular complexity index is 689. The molecule has 0 radical (unpaired) electrons. The lowest BCUT2D eigenvalue weighted by atomic mass is 10.1. The zero-order chi connectivity index (χ0) is 15.5. The van der Waals surface area contributed by atoms with Crippen molar-refractivity contribution in [1.29, 1.82) is 0 Å². The molecule has 1 aliphatic rings. The highest BCUT2D eigenvalue weighted by atomic mass is 35.5. The van der Waals surface area contributed by atoms with Crippen molar-refractivity contribution in [2.75, 3.05) is 6.61 Å². The minimum absolute atomic E-state index is 0.193. The fourth-order valence-corrected chi connectivity index (χ4v) is 2.66. The van der Waals surface area contributed by atoms with Gasteiger partial charge in [-0.1, -0.05) is 41.9 Å². The number of ether oxygens (including phenoxy) is 2. The quantitative estimate of drug-likeness (QED) is 0.944. The SMILES string of the molecule is C[C@@H](NC(=O)[C@@H]1COc2ccccc2O1)c1ccccc1Cl. The number of nitrogens with one attached hydrogen (secondary N) is 1. The van der Waals surface area contributed by atoms with E-state index in [-0.39, 0.29) is 18.6 Å². The first-order valence-corrected chi connectivity index (χ1v) is 7.46. The van der Waals surface area contributed by atoms with Gasteiger partial charge in [0.15, 0.2) is 11.5 Å². The zero-order valence-electron chi connectivity index (χ0n) is 12.1. The third kappa shape index (κ3) is 3.02. The predicted molar refractivity (Wildman–Crippen MR) is 84.4 cm³/mol. The first-order valence-electron chi connectivity index (χ1n) is 7.08. The highest BCUT2D eigenvalue weighted by Gasteiger charge is 2.28.